The van der Waals surface area contributed by atoms with Gasteiger partial charge in [0.2, 0.25) is 0 Å². The van der Waals surface area contributed by atoms with Gasteiger partial charge in [-0.25, -0.2) is 9.50 Å². The molecule has 0 saturated carbocycles. The van der Waals surface area contributed by atoms with E-state index in [1.54, 1.807) is 12.4 Å². The molecule has 1 atom stereocenters. The van der Waals surface area contributed by atoms with Gasteiger partial charge in [0.1, 0.15) is 5.52 Å². The Morgan fingerprint density at radius 3 is 3.06 bits per heavy atom. The molecule has 1 unspecified atom stereocenters. The van der Waals surface area contributed by atoms with Gasteiger partial charge in [-0.05, 0) is 19.4 Å². The van der Waals surface area contributed by atoms with E-state index in [4.69, 9.17) is 0 Å². The van der Waals surface area contributed by atoms with Crippen molar-refractivity contribution in [3.8, 4) is 0 Å². The molecule has 0 saturated heterocycles. The monoisotopic (exact) mass is 232 g/mol. The number of unbranched alkanes of at least 4 members (excludes halogenated alkanes) is 2. The fraction of sp³-hybridized carbons (Fsp3) is 0.538. The van der Waals surface area contributed by atoms with Crippen LogP contribution < -0.4 is 5.32 Å². The van der Waals surface area contributed by atoms with Gasteiger partial charge in [-0.3, -0.25) is 0 Å². The van der Waals surface area contributed by atoms with E-state index in [2.05, 4.69) is 29.2 Å². The normalized spacial score (nSPS) is 12.8. The molecule has 17 heavy (non-hydrogen) atoms. The summed E-state index contributed by atoms with van der Waals surface area (Å²) in [6.45, 7) is 4.43. The molecule has 0 aliphatic heterocycles. The number of nitrogens with one attached hydrogen (secondary N) is 1. The van der Waals surface area contributed by atoms with Gasteiger partial charge in [0.15, 0.2) is 5.82 Å². The van der Waals surface area contributed by atoms with Crippen molar-refractivity contribution in [1.82, 2.24) is 14.6 Å². The number of anilines is 1. The number of fused-ring (bicyclic) bond motifs is 1. The predicted octanol–water partition coefficient (Wildman–Crippen LogP) is 3.11. The van der Waals surface area contributed by atoms with Crippen LogP contribution in [0.3, 0.4) is 0 Å². The Kier molecular flexibility index (Phi) is 3.96. The van der Waals surface area contributed by atoms with Gasteiger partial charge >= 0.3 is 0 Å². The van der Waals surface area contributed by atoms with E-state index < -0.39 is 0 Å². The molecule has 92 valence electrons. The van der Waals surface area contributed by atoms with Gasteiger partial charge in [-0.15, -0.1) is 0 Å². The Hall–Kier alpha value is -1.58. The lowest BCUT2D eigenvalue weighted by Gasteiger charge is -2.14. The molecule has 0 fully saturated rings. The maximum atomic E-state index is 4.38. The maximum absolute atomic E-state index is 4.38. The van der Waals surface area contributed by atoms with Crippen molar-refractivity contribution in [1.29, 1.82) is 0 Å². The number of hydrogen-bond donors (Lipinski definition) is 1. The van der Waals surface area contributed by atoms with E-state index >= 15 is 0 Å². The third-order valence-corrected chi connectivity index (χ3v) is 2.95. The summed E-state index contributed by atoms with van der Waals surface area (Å²) in [5.74, 6) is 0.925. The smallest absolute Gasteiger partial charge is 0.152 e. The van der Waals surface area contributed by atoms with Crippen LogP contribution in [0.25, 0.3) is 5.52 Å². The molecule has 2 rings (SSSR count). The molecule has 0 aliphatic rings. The lowest BCUT2D eigenvalue weighted by molar-refractivity contribution is 0.614. The topological polar surface area (TPSA) is 42.2 Å². The Morgan fingerprint density at radius 2 is 2.24 bits per heavy atom. The highest BCUT2D eigenvalue weighted by Crippen LogP contribution is 2.15. The van der Waals surface area contributed by atoms with Crippen molar-refractivity contribution < 1.29 is 0 Å². The summed E-state index contributed by atoms with van der Waals surface area (Å²) in [6.07, 6.45) is 10.5. The van der Waals surface area contributed by atoms with E-state index in [1.807, 2.05) is 16.8 Å². The van der Waals surface area contributed by atoms with E-state index in [0.717, 1.165) is 11.3 Å². The van der Waals surface area contributed by atoms with E-state index in [-0.39, 0.29) is 0 Å². The molecule has 0 aromatic carbocycles. The molecule has 1 N–H and O–H groups in total. The molecular weight excluding hydrogens is 212 g/mol. The Morgan fingerprint density at radius 1 is 1.35 bits per heavy atom. The molecule has 0 radical (unpaired) electrons. The fourth-order valence-electron chi connectivity index (χ4n) is 1.98. The van der Waals surface area contributed by atoms with Gasteiger partial charge in [0, 0.05) is 18.4 Å². The van der Waals surface area contributed by atoms with Gasteiger partial charge in [0.05, 0.1) is 6.20 Å². The van der Waals surface area contributed by atoms with Gasteiger partial charge < -0.3 is 5.32 Å². The predicted molar refractivity (Wildman–Crippen MR) is 70.2 cm³/mol. The molecule has 0 amide bonds. The molecular formula is C13H20N4. The summed E-state index contributed by atoms with van der Waals surface area (Å²) in [5, 5.41) is 7.66. The Labute approximate surface area is 102 Å². The van der Waals surface area contributed by atoms with Crippen LogP contribution in [0.15, 0.2) is 24.7 Å². The van der Waals surface area contributed by atoms with E-state index in [0.29, 0.717) is 6.04 Å². The van der Waals surface area contributed by atoms with Crippen LogP contribution in [0.5, 0.6) is 0 Å². The highest BCUT2D eigenvalue weighted by atomic mass is 15.2. The van der Waals surface area contributed by atoms with E-state index in [9.17, 15) is 0 Å². The first-order valence-corrected chi connectivity index (χ1v) is 6.36. The summed E-state index contributed by atoms with van der Waals surface area (Å²) in [5.41, 5.74) is 1.04. The zero-order valence-corrected chi connectivity index (χ0v) is 10.6. The second kappa shape index (κ2) is 5.66. The molecule has 2 heterocycles. The number of nitrogens with zero attached hydrogens (tertiary/aromatic N) is 3. The van der Waals surface area contributed by atoms with Crippen LogP contribution in [0, 0.1) is 0 Å². The van der Waals surface area contributed by atoms with Crippen LogP contribution in [0.2, 0.25) is 0 Å². The second-order valence-electron chi connectivity index (χ2n) is 4.48. The summed E-state index contributed by atoms with van der Waals surface area (Å²) in [4.78, 5) is 4.38. The molecule has 0 aliphatic carbocycles. The minimum Gasteiger partial charge on any atom is -0.366 e. The number of aromatic nitrogens is 3. The standard InChI is InChI=1S/C13H20N4/c1-3-4-5-6-11(2)16-13-12-7-8-15-17(12)10-9-14-13/h7-11H,3-6H2,1-2H3,(H,14,16). The van der Waals surface area contributed by atoms with Crippen molar-refractivity contribution in [2.24, 2.45) is 0 Å². The van der Waals surface area contributed by atoms with Crippen molar-refractivity contribution in [3.05, 3.63) is 24.7 Å². The minimum absolute atomic E-state index is 0.454. The Balaban J connectivity index is 2.00. The van der Waals surface area contributed by atoms with Gasteiger partial charge in [-0.1, -0.05) is 26.2 Å². The zero-order valence-electron chi connectivity index (χ0n) is 10.6. The molecule has 4 nitrogen and oxygen atoms in total. The highest BCUT2D eigenvalue weighted by Gasteiger charge is 2.06. The van der Waals surface area contributed by atoms with E-state index in [1.165, 1.54) is 25.7 Å². The quantitative estimate of drug-likeness (QED) is 0.778. The first-order chi connectivity index (χ1) is 8.31. The van der Waals surface area contributed by atoms with Gasteiger partial charge in [-0.2, -0.15) is 5.10 Å². The first-order valence-electron chi connectivity index (χ1n) is 6.36. The number of rotatable bonds is 6. The summed E-state index contributed by atoms with van der Waals surface area (Å²) in [6, 6.07) is 2.43. The van der Waals surface area contributed by atoms with Crippen molar-refractivity contribution in [2.45, 2.75) is 45.6 Å². The maximum Gasteiger partial charge on any atom is 0.152 e. The molecule has 0 spiro atoms. The van der Waals surface area contributed by atoms with Crippen molar-refractivity contribution in [2.75, 3.05) is 5.32 Å². The third kappa shape index (κ3) is 2.96. The largest absolute Gasteiger partial charge is 0.366 e. The zero-order chi connectivity index (χ0) is 12.1. The second-order valence-corrected chi connectivity index (χ2v) is 4.48. The minimum atomic E-state index is 0.454. The molecule has 2 aromatic rings. The molecule has 2 aromatic heterocycles. The molecule has 0 bridgehead atoms. The highest BCUT2D eigenvalue weighted by molar-refractivity contribution is 5.66. The summed E-state index contributed by atoms with van der Waals surface area (Å²) >= 11 is 0. The molecule has 4 heteroatoms. The van der Waals surface area contributed by atoms with Crippen LogP contribution >= 0.6 is 0 Å². The lowest BCUT2D eigenvalue weighted by Crippen LogP contribution is -2.16. The summed E-state index contributed by atoms with van der Waals surface area (Å²) < 4.78 is 1.84. The summed E-state index contributed by atoms with van der Waals surface area (Å²) in [7, 11) is 0. The van der Waals surface area contributed by atoms with Gasteiger partial charge in [0.25, 0.3) is 0 Å². The third-order valence-electron chi connectivity index (χ3n) is 2.95. The van der Waals surface area contributed by atoms with Crippen LogP contribution in [0.4, 0.5) is 5.82 Å². The Bertz CT molecular complexity index is 463. The van der Waals surface area contributed by atoms with Crippen LogP contribution in [-0.4, -0.2) is 20.6 Å². The first kappa shape index (κ1) is 11.9. The number of hydrogen-bond acceptors (Lipinski definition) is 3. The average molecular weight is 232 g/mol. The average Bonchev–Trinajstić information content (AvgIpc) is 2.78. The van der Waals surface area contributed by atoms with Crippen molar-refractivity contribution in [3.63, 3.8) is 0 Å². The van der Waals surface area contributed by atoms with Crippen LogP contribution in [0.1, 0.15) is 39.5 Å². The fourth-order valence-corrected chi connectivity index (χ4v) is 1.98. The SMILES string of the molecule is CCCCCC(C)Nc1nccn2nccc12. The lowest BCUT2D eigenvalue weighted by atomic mass is 10.1. The van der Waals surface area contributed by atoms with Crippen molar-refractivity contribution >= 4 is 11.3 Å². The van der Waals surface area contributed by atoms with Crippen LogP contribution in [-0.2, 0) is 0 Å².